The summed E-state index contributed by atoms with van der Waals surface area (Å²) in [4.78, 5) is 27.0. The van der Waals surface area contributed by atoms with Crippen molar-refractivity contribution >= 4 is 33.5 Å². The van der Waals surface area contributed by atoms with Crippen molar-refractivity contribution in [3.63, 3.8) is 0 Å². The van der Waals surface area contributed by atoms with Gasteiger partial charge in [0, 0.05) is 23.5 Å². The van der Waals surface area contributed by atoms with E-state index in [0.717, 1.165) is 42.6 Å². The van der Waals surface area contributed by atoms with Crippen molar-refractivity contribution in [3.8, 4) is 0 Å². The van der Waals surface area contributed by atoms with Gasteiger partial charge in [-0.25, -0.2) is 0 Å². The number of rotatable bonds is 7. The number of likely N-dealkylation sites (tertiary alicyclic amines) is 1. The molecule has 0 saturated carbocycles. The van der Waals surface area contributed by atoms with Gasteiger partial charge in [-0.2, -0.15) is 0 Å². The fourth-order valence-corrected chi connectivity index (χ4v) is 3.35. The van der Waals surface area contributed by atoms with E-state index in [2.05, 4.69) is 26.1 Å². The Morgan fingerprint density at radius 3 is 2.62 bits per heavy atom. The minimum atomic E-state index is -0.788. The highest BCUT2D eigenvalue weighted by molar-refractivity contribution is 9.10. The average molecular weight is 398 g/mol. The zero-order chi connectivity index (χ0) is 17.5. The molecule has 1 aliphatic heterocycles. The zero-order valence-electron chi connectivity index (χ0n) is 13.9. The first-order chi connectivity index (χ1) is 11.5. The third-order valence-corrected chi connectivity index (χ3v) is 5.06. The van der Waals surface area contributed by atoms with Gasteiger partial charge in [0.05, 0.1) is 12.2 Å². The Morgan fingerprint density at radius 2 is 2.00 bits per heavy atom. The van der Waals surface area contributed by atoms with Gasteiger partial charge in [0.2, 0.25) is 5.91 Å². The van der Waals surface area contributed by atoms with Crippen LogP contribution in [0.3, 0.4) is 0 Å². The molecule has 0 aromatic heterocycles. The minimum Gasteiger partial charge on any atom is -0.480 e. The van der Waals surface area contributed by atoms with E-state index in [-0.39, 0.29) is 12.5 Å². The number of nitrogens with one attached hydrogen (secondary N) is 1. The van der Waals surface area contributed by atoms with Gasteiger partial charge in [-0.1, -0.05) is 12.1 Å². The van der Waals surface area contributed by atoms with Crippen molar-refractivity contribution in [1.29, 1.82) is 0 Å². The normalized spacial score (nSPS) is 16.3. The summed E-state index contributed by atoms with van der Waals surface area (Å²) < 4.78 is 0.876. The molecule has 0 aliphatic carbocycles. The Kier molecular flexibility index (Phi) is 7.20. The number of carboxylic acids is 1. The molecular formula is C17H24BrN3O3. The molecule has 0 spiro atoms. The first-order valence-electron chi connectivity index (χ1n) is 8.14. The number of carbonyl (C=O) groups is 2. The Bertz CT molecular complexity index is 574. The lowest BCUT2D eigenvalue weighted by Crippen LogP contribution is -2.45. The van der Waals surface area contributed by atoms with E-state index < -0.39 is 5.97 Å². The minimum absolute atomic E-state index is 0.00650. The van der Waals surface area contributed by atoms with Crippen LogP contribution in [0, 0.1) is 0 Å². The van der Waals surface area contributed by atoms with E-state index in [1.54, 1.807) is 0 Å². The van der Waals surface area contributed by atoms with Gasteiger partial charge in [0.15, 0.2) is 0 Å². The standard InChI is InChI=1S/C17H24BrN3O3/c1-20(12-17(23)24)13-6-9-21(10-7-13)11-8-16(22)19-15-5-3-2-4-14(15)18/h2-5,13H,6-12H2,1H3,(H,19,22)(H,23,24). The summed E-state index contributed by atoms with van der Waals surface area (Å²) in [5, 5.41) is 11.8. The van der Waals surface area contributed by atoms with Gasteiger partial charge in [-0.05, 0) is 61.0 Å². The Labute approximate surface area is 150 Å². The molecule has 2 rings (SSSR count). The topological polar surface area (TPSA) is 72.9 Å². The molecule has 7 heteroatoms. The predicted octanol–water partition coefficient (Wildman–Crippen LogP) is 2.26. The number of carboxylic acid groups (broad SMARTS) is 1. The number of nitrogens with zero attached hydrogens (tertiary/aromatic N) is 2. The van der Waals surface area contributed by atoms with Crippen molar-refractivity contribution in [2.45, 2.75) is 25.3 Å². The molecule has 1 amide bonds. The molecule has 0 bridgehead atoms. The average Bonchev–Trinajstić information content (AvgIpc) is 2.55. The Morgan fingerprint density at radius 1 is 1.33 bits per heavy atom. The van der Waals surface area contributed by atoms with E-state index in [1.165, 1.54) is 0 Å². The summed E-state index contributed by atoms with van der Waals surface area (Å²) in [6.45, 7) is 2.61. The number of hydrogen-bond donors (Lipinski definition) is 2. The molecule has 24 heavy (non-hydrogen) atoms. The smallest absolute Gasteiger partial charge is 0.317 e. The van der Waals surface area contributed by atoms with Gasteiger partial charge in [0.25, 0.3) is 0 Å². The van der Waals surface area contributed by atoms with E-state index in [9.17, 15) is 9.59 Å². The molecule has 1 heterocycles. The zero-order valence-corrected chi connectivity index (χ0v) is 15.5. The van der Waals surface area contributed by atoms with Crippen LogP contribution in [0.1, 0.15) is 19.3 Å². The van der Waals surface area contributed by atoms with Gasteiger partial charge in [-0.15, -0.1) is 0 Å². The SMILES string of the molecule is CN(CC(=O)O)C1CCN(CCC(=O)Nc2ccccc2Br)CC1. The molecule has 0 unspecified atom stereocenters. The molecule has 1 fully saturated rings. The fraction of sp³-hybridized carbons (Fsp3) is 0.529. The number of carbonyl (C=O) groups excluding carboxylic acids is 1. The van der Waals surface area contributed by atoms with Crippen LogP contribution in [0.15, 0.2) is 28.7 Å². The van der Waals surface area contributed by atoms with Crippen LogP contribution >= 0.6 is 15.9 Å². The van der Waals surface area contributed by atoms with Crippen molar-refractivity contribution in [2.24, 2.45) is 0 Å². The van der Waals surface area contributed by atoms with E-state index in [0.29, 0.717) is 12.5 Å². The number of aliphatic carboxylic acids is 1. The molecule has 0 atom stereocenters. The van der Waals surface area contributed by atoms with E-state index in [4.69, 9.17) is 5.11 Å². The number of benzene rings is 1. The van der Waals surface area contributed by atoms with Crippen molar-refractivity contribution in [1.82, 2.24) is 9.80 Å². The van der Waals surface area contributed by atoms with Crippen LogP contribution in [0.25, 0.3) is 0 Å². The van der Waals surface area contributed by atoms with Gasteiger partial charge >= 0.3 is 5.97 Å². The summed E-state index contributed by atoms with van der Waals surface area (Å²) in [7, 11) is 1.86. The maximum absolute atomic E-state index is 12.1. The molecule has 2 N–H and O–H groups in total. The van der Waals surface area contributed by atoms with Crippen molar-refractivity contribution in [3.05, 3.63) is 28.7 Å². The third-order valence-electron chi connectivity index (χ3n) is 4.37. The molecule has 0 radical (unpaired) electrons. The molecular weight excluding hydrogens is 374 g/mol. The van der Waals surface area contributed by atoms with Crippen molar-refractivity contribution in [2.75, 3.05) is 38.5 Å². The number of anilines is 1. The first kappa shape index (κ1) is 18.9. The molecule has 132 valence electrons. The monoisotopic (exact) mass is 397 g/mol. The van der Waals surface area contributed by atoms with Crippen LogP contribution in [-0.4, -0.2) is 66.1 Å². The van der Waals surface area contributed by atoms with Crippen LogP contribution in [-0.2, 0) is 9.59 Å². The summed E-state index contributed by atoms with van der Waals surface area (Å²) in [6.07, 6.45) is 2.34. The lowest BCUT2D eigenvalue weighted by molar-refractivity contribution is -0.138. The lowest BCUT2D eigenvalue weighted by Gasteiger charge is -2.36. The molecule has 1 aromatic carbocycles. The lowest BCUT2D eigenvalue weighted by atomic mass is 10.0. The van der Waals surface area contributed by atoms with Gasteiger partial charge in [0.1, 0.15) is 0 Å². The predicted molar refractivity (Wildman–Crippen MR) is 97.1 cm³/mol. The number of amides is 1. The Hall–Kier alpha value is -1.44. The highest BCUT2D eigenvalue weighted by Crippen LogP contribution is 2.21. The highest BCUT2D eigenvalue weighted by atomic mass is 79.9. The van der Waals surface area contributed by atoms with Crippen LogP contribution in [0.5, 0.6) is 0 Å². The summed E-state index contributed by atoms with van der Waals surface area (Å²) in [6, 6.07) is 7.87. The second-order valence-electron chi connectivity index (χ2n) is 6.16. The number of likely N-dealkylation sites (N-methyl/N-ethyl adjacent to an activating group) is 1. The maximum Gasteiger partial charge on any atom is 0.317 e. The largest absolute Gasteiger partial charge is 0.480 e. The number of hydrogen-bond acceptors (Lipinski definition) is 4. The maximum atomic E-state index is 12.1. The van der Waals surface area contributed by atoms with Gasteiger partial charge < -0.3 is 15.3 Å². The quantitative estimate of drug-likeness (QED) is 0.737. The fourth-order valence-electron chi connectivity index (χ4n) is 2.96. The van der Waals surface area contributed by atoms with Crippen LogP contribution in [0.4, 0.5) is 5.69 Å². The summed E-state index contributed by atoms with van der Waals surface area (Å²) in [5.41, 5.74) is 0.788. The number of piperidine rings is 1. The third kappa shape index (κ3) is 5.89. The molecule has 1 saturated heterocycles. The Balaban J connectivity index is 1.70. The summed E-state index contributed by atoms with van der Waals surface area (Å²) in [5.74, 6) is -0.782. The first-order valence-corrected chi connectivity index (χ1v) is 8.94. The molecule has 6 nitrogen and oxygen atoms in total. The molecule has 1 aliphatic rings. The highest BCUT2D eigenvalue weighted by Gasteiger charge is 2.23. The second-order valence-corrected chi connectivity index (χ2v) is 7.01. The number of halogens is 1. The number of para-hydroxylation sites is 1. The second kappa shape index (κ2) is 9.15. The summed E-state index contributed by atoms with van der Waals surface area (Å²) >= 11 is 3.42. The van der Waals surface area contributed by atoms with Crippen LogP contribution in [0.2, 0.25) is 0 Å². The van der Waals surface area contributed by atoms with Crippen LogP contribution < -0.4 is 5.32 Å². The van der Waals surface area contributed by atoms with E-state index >= 15 is 0 Å². The van der Waals surface area contributed by atoms with Crippen molar-refractivity contribution < 1.29 is 14.7 Å². The van der Waals surface area contributed by atoms with E-state index in [1.807, 2.05) is 36.2 Å². The van der Waals surface area contributed by atoms with Gasteiger partial charge in [-0.3, -0.25) is 14.5 Å². The molecule has 1 aromatic rings.